The molecule has 1 N–H and O–H groups in total. The lowest BCUT2D eigenvalue weighted by molar-refractivity contribution is -0.127. The molecule has 7 heteroatoms. The first-order valence-corrected chi connectivity index (χ1v) is 9.29. The lowest BCUT2D eigenvalue weighted by atomic mass is 9.91. The van der Waals surface area contributed by atoms with Crippen molar-refractivity contribution in [3.63, 3.8) is 0 Å². The van der Waals surface area contributed by atoms with Gasteiger partial charge in [0.25, 0.3) is 0 Å². The molecule has 0 radical (unpaired) electrons. The fourth-order valence-electron chi connectivity index (χ4n) is 3.48. The largest absolute Gasteiger partial charge is 0.376 e. The van der Waals surface area contributed by atoms with Crippen LogP contribution in [0.15, 0.2) is 29.2 Å². The molecule has 1 amide bonds. The summed E-state index contributed by atoms with van der Waals surface area (Å²) in [5.41, 5.74) is 0.894. The van der Waals surface area contributed by atoms with Gasteiger partial charge in [-0.05, 0) is 37.5 Å². The Labute approximate surface area is 136 Å². The van der Waals surface area contributed by atoms with E-state index in [0.29, 0.717) is 19.4 Å². The highest BCUT2D eigenvalue weighted by molar-refractivity contribution is 7.89. The number of ether oxygens (including phenoxy) is 1. The summed E-state index contributed by atoms with van der Waals surface area (Å²) in [6, 6.07) is 6.71. The first-order valence-electron chi connectivity index (χ1n) is 7.85. The number of sulfonamides is 1. The molecule has 2 aliphatic heterocycles. The molecule has 0 bridgehead atoms. The van der Waals surface area contributed by atoms with Crippen LogP contribution in [0.5, 0.6) is 0 Å². The fraction of sp³-hybridized carbons (Fsp3) is 0.562. The number of hydrogen-bond acceptors (Lipinski definition) is 4. The molecule has 0 unspecified atom stereocenters. The van der Waals surface area contributed by atoms with Gasteiger partial charge in [-0.15, -0.1) is 0 Å². The third kappa shape index (κ3) is 3.00. The maximum absolute atomic E-state index is 13.1. The average Bonchev–Trinajstić information content (AvgIpc) is 3.01. The van der Waals surface area contributed by atoms with E-state index in [1.807, 2.05) is 13.0 Å². The molecule has 2 aliphatic rings. The summed E-state index contributed by atoms with van der Waals surface area (Å²) in [6.45, 7) is 2.61. The molecule has 3 atom stereocenters. The second-order valence-electron chi connectivity index (χ2n) is 6.20. The summed E-state index contributed by atoms with van der Waals surface area (Å²) in [6.07, 6.45) is 1.05. The van der Waals surface area contributed by atoms with E-state index in [9.17, 15) is 13.2 Å². The first-order chi connectivity index (χ1) is 10.9. The van der Waals surface area contributed by atoms with Crippen LogP contribution in [0.2, 0.25) is 0 Å². The average molecular weight is 338 g/mol. The van der Waals surface area contributed by atoms with E-state index in [2.05, 4.69) is 5.32 Å². The van der Waals surface area contributed by atoms with Crippen LogP contribution >= 0.6 is 0 Å². The monoisotopic (exact) mass is 338 g/mol. The van der Waals surface area contributed by atoms with Gasteiger partial charge >= 0.3 is 0 Å². The molecule has 2 saturated heterocycles. The molecule has 3 rings (SSSR count). The summed E-state index contributed by atoms with van der Waals surface area (Å²) in [7, 11) is -2.07. The van der Waals surface area contributed by atoms with Gasteiger partial charge in [0, 0.05) is 20.2 Å². The molecule has 126 valence electrons. The Balaban J connectivity index is 1.96. The lowest BCUT2D eigenvalue weighted by Gasteiger charge is -2.39. The second-order valence-corrected chi connectivity index (χ2v) is 8.09. The standard InChI is InChI=1S/C16H22N2O4S/c1-11-4-3-5-13(8-11)23(20,21)18-10-12(16(19)17-2)9-15-14(18)6-7-22-15/h3-5,8,12,14-15H,6-7,9-10H2,1-2H3,(H,17,19)/t12-,14+,15+/m1/s1. The van der Waals surface area contributed by atoms with Crippen molar-refractivity contribution < 1.29 is 17.9 Å². The molecule has 6 nitrogen and oxygen atoms in total. The number of carbonyl (C=O) groups excluding carboxylic acids is 1. The third-order valence-electron chi connectivity index (χ3n) is 4.68. The zero-order valence-corrected chi connectivity index (χ0v) is 14.2. The van der Waals surface area contributed by atoms with E-state index in [1.54, 1.807) is 25.2 Å². The van der Waals surface area contributed by atoms with Gasteiger partial charge in [0.2, 0.25) is 15.9 Å². The van der Waals surface area contributed by atoms with Gasteiger partial charge in [-0.3, -0.25) is 4.79 Å². The van der Waals surface area contributed by atoms with Gasteiger partial charge in [0.05, 0.1) is 23.0 Å². The topological polar surface area (TPSA) is 75.7 Å². The van der Waals surface area contributed by atoms with Crippen LogP contribution in [-0.2, 0) is 19.6 Å². The highest BCUT2D eigenvalue weighted by atomic mass is 32.2. The zero-order chi connectivity index (χ0) is 16.6. The maximum Gasteiger partial charge on any atom is 0.243 e. The number of amides is 1. The van der Waals surface area contributed by atoms with Crippen molar-refractivity contribution in [3.05, 3.63) is 29.8 Å². The molecule has 2 heterocycles. The summed E-state index contributed by atoms with van der Waals surface area (Å²) >= 11 is 0. The van der Waals surface area contributed by atoms with Crippen molar-refractivity contribution in [1.82, 2.24) is 9.62 Å². The van der Waals surface area contributed by atoms with Gasteiger partial charge in [-0.25, -0.2) is 8.42 Å². The van der Waals surface area contributed by atoms with Crippen molar-refractivity contribution in [2.45, 2.75) is 36.8 Å². The predicted octanol–water partition coefficient (Wildman–Crippen LogP) is 0.909. The maximum atomic E-state index is 13.1. The molecule has 0 saturated carbocycles. The lowest BCUT2D eigenvalue weighted by Crippen LogP contribution is -2.54. The van der Waals surface area contributed by atoms with E-state index in [-0.39, 0.29) is 35.4 Å². The van der Waals surface area contributed by atoms with Crippen LogP contribution in [0.3, 0.4) is 0 Å². The number of benzene rings is 1. The Hall–Kier alpha value is -1.44. The van der Waals surface area contributed by atoms with Gasteiger partial charge in [-0.1, -0.05) is 12.1 Å². The number of fused-ring (bicyclic) bond motifs is 1. The van der Waals surface area contributed by atoms with E-state index in [0.717, 1.165) is 5.56 Å². The Morgan fingerprint density at radius 3 is 2.87 bits per heavy atom. The Bertz CT molecular complexity index is 704. The Morgan fingerprint density at radius 1 is 1.39 bits per heavy atom. The van der Waals surface area contributed by atoms with Crippen LogP contribution < -0.4 is 5.32 Å². The minimum atomic E-state index is -3.64. The van der Waals surface area contributed by atoms with Crippen molar-refractivity contribution in [2.75, 3.05) is 20.2 Å². The van der Waals surface area contributed by atoms with Crippen LogP contribution in [0.4, 0.5) is 0 Å². The second kappa shape index (κ2) is 6.22. The minimum absolute atomic E-state index is 0.136. The highest BCUT2D eigenvalue weighted by Gasteiger charge is 2.47. The van der Waals surface area contributed by atoms with Crippen molar-refractivity contribution >= 4 is 15.9 Å². The van der Waals surface area contributed by atoms with Crippen LogP contribution in [0.25, 0.3) is 0 Å². The molecule has 1 aromatic carbocycles. The highest BCUT2D eigenvalue weighted by Crippen LogP contribution is 2.35. The number of hydrogen-bond donors (Lipinski definition) is 1. The Morgan fingerprint density at radius 2 is 2.17 bits per heavy atom. The molecule has 1 aromatic rings. The molecule has 0 spiro atoms. The smallest absolute Gasteiger partial charge is 0.243 e. The van der Waals surface area contributed by atoms with E-state index < -0.39 is 10.0 Å². The van der Waals surface area contributed by atoms with Crippen molar-refractivity contribution in [1.29, 1.82) is 0 Å². The normalized spacial score (nSPS) is 28.3. The number of aryl methyl sites for hydroxylation is 1. The SMILES string of the molecule is CNC(=O)[C@@H]1C[C@@H]2OCC[C@@H]2N(S(=O)(=O)c2cccc(C)c2)C1. The van der Waals surface area contributed by atoms with E-state index >= 15 is 0 Å². The zero-order valence-electron chi connectivity index (χ0n) is 13.4. The molecule has 0 aromatic heterocycles. The Kier molecular flexibility index (Phi) is 4.44. The van der Waals surface area contributed by atoms with E-state index in [4.69, 9.17) is 4.74 Å². The van der Waals surface area contributed by atoms with Gasteiger partial charge in [0.1, 0.15) is 0 Å². The van der Waals surface area contributed by atoms with Crippen molar-refractivity contribution in [3.8, 4) is 0 Å². The molecular weight excluding hydrogens is 316 g/mol. The number of nitrogens with one attached hydrogen (secondary N) is 1. The van der Waals surface area contributed by atoms with Gasteiger partial charge in [0.15, 0.2) is 0 Å². The number of nitrogens with zero attached hydrogens (tertiary/aromatic N) is 1. The van der Waals surface area contributed by atoms with E-state index in [1.165, 1.54) is 4.31 Å². The summed E-state index contributed by atoms with van der Waals surface area (Å²) in [5.74, 6) is -0.512. The number of carbonyl (C=O) groups is 1. The first kappa shape index (κ1) is 16.4. The summed E-state index contributed by atoms with van der Waals surface area (Å²) in [4.78, 5) is 12.3. The van der Waals surface area contributed by atoms with Crippen LogP contribution in [0.1, 0.15) is 18.4 Å². The molecule has 0 aliphatic carbocycles. The summed E-state index contributed by atoms with van der Waals surface area (Å²) < 4.78 is 33.3. The molecular formula is C16H22N2O4S. The van der Waals surface area contributed by atoms with Gasteiger partial charge in [-0.2, -0.15) is 4.31 Å². The molecule has 23 heavy (non-hydrogen) atoms. The quantitative estimate of drug-likeness (QED) is 0.889. The molecule has 2 fully saturated rings. The summed E-state index contributed by atoms with van der Waals surface area (Å²) in [5, 5.41) is 2.62. The predicted molar refractivity (Wildman–Crippen MR) is 85.4 cm³/mol. The fourth-order valence-corrected chi connectivity index (χ4v) is 5.31. The van der Waals surface area contributed by atoms with Crippen molar-refractivity contribution in [2.24, 2.45) is 5.92 Å². The van der Waals surface area contributed by atoms with Crippen LogP contribution in [-0.4, -0.2) is 51.0 Å². The number of piperidine rings is 1. The number of rotatable bonds is 3. The minimum Gasteiger partial charge on any atom is -0.376 e. The van der Waals surface area contributed by atoms with Gasteiger partial charge < -0.3 is 10.1 Å². The third-order valence-corrected chi connectivity index (χ3v) is 6.56. The van der Waals surface area contributed by atoms with Crippen LogP contribution in [0, 0.1) is 12.8 Å².